The molecular formula is C13H17FO3. The molecule has 0 heterocycles. The summed E-state index contributed by atoms with van der Waals surface area (Å²) < 4.78 is 24.4. The van der Waals surface area contributed by atoms with Gasteiger partial charge < -0.3 is 14.6 Å². The van der Waals surface area contributed by atoms with Crippen molar-refractivity contribution in [3.05, 3.63) is 29.6 Å². The molecule has 0 spiro atoms. The fourth-order valence-electron chi connectivity index (χ4n) is 2.75. The van der Waals surface area contributed by atoms with Gasteiger partial charge >= 0.3 is 0 Å². The lowest BCUT2D eigenvalue weighted by molar-refractivity contribution is -0.104. The van der Waals surface area contributed by atoms with E-state index >= 15 is 0 Å². The minimum atomic E-state index is -0.645. The van der Waals surface area contributed by atoms with Crippen LogP contribution in [0.25, 0.3) is 0 Å². The Labute approximate surface area is 100 Å². The third-order valence-corrected chi connectivity index (χ3v) is 3.55. The van der Waals surface area contributed by atoms with Crippen molar-refractivity contribution in [2.45, 2.75) is 31.0 Å². The molecule has 1 aliphatic carbocycles. The maximum atomic E-state index is 13.4. The maximum absolute atomic E-state index is 13.4. The molecule has 1 saturated carbocycles. The fourth-order valence-corrected chi connectivity index (χ4v) is 2.75. The van der Waals surface area contributed by atoms with Crippen molar-refractivity contribution >= 4 is 0 Å². The largest absolute Gasteiger partial charge is 0.508 e. The number of benzene rings is 1. The molecule has 0 radical (unpaired) electrons. The summed E-state index contributed by atoms with van der Waals surface area (Å²) in [7, 11) is 3.22. The second kappa shape index (κ2) is 4.63. The van der Waals surface area contributed by atoms with Crippen molar-refractivity contribution in [2.24, 2.45) is 0 Å². The molecule has 2 rings (SSSR count). The van der Waals surface area contributed by atoms with Crippen LogP contribution in [0, 0.1) is 5.82 Å². The van der Waals surface area contributed by atoms with E-state index in [9.17, 15) is 9.50 Å². The maximum Gasteiger partial charge on any atom is 0.127 e. The molecule has 0 aromatic heterocycles. The Bertz CT molecular complexity index is 387. The quantitative estimate of drug-likeness (QED) is 0.882. The lowest BCUT2D eigenvalue weighted by atomic mass is 9.89. The molecule has 4 heteroatoms. The van der Waals surface area contributed by atoms with Crippen LogP contribution in [0.3, 0.4) is 0 Å². The van der Waals surface area contributed by atoms with Gasteiger partial charge in [0.25, 0.3) is 0 Å². The summed E-state index contributed by atoms with van der Waals surface area (Å²) in [6.07, 6.45) is 2.50. The third-order valence-electron chi connectivity index (χ3n) is 3.55. The second-order valence-electron chi connectivity index (χ2n) is 4.41. The average Bonchev–Trinajstić information content (AvgIpc) is 2.71. The second-order valence-corrected chi connectivity index (χ2v) is 4.41. The first-order valence-electron chi connectivity index (χ1n) is 5.70. The minimum Gasteiger partial charge on any atom is -0.508 e. The van der Waals surface area contributed by atoms with Gasteiger partial charge in [-0.1, -0.05) is 0 Å². The Hall–Kier alpha value is -1.13. The Kier molecular flexibility index (Phi) is 3.35. The molecule has 2 unspecified atom stereocenters. The molecule has 0 bridgehead atoms. The van der Waals surface area contributed by atoms with Crippen LogP contribution in [-0.2, 0) is 15.1 Å². The minimum absolute atomic E-state index is 0.0850. The Balaban J connectivity index is 2.46. The predicted molar refractivity (Wildman–Crippen MR) is 61.4 cm³/mol. The number of phenolic OH excluding ortho intramolecular Hbond substituents is 1. The number of phenols is 1. The predicted octanol–water partition coefficient (Wildman–Crippen LogP) is 2.57. The number of aromatic hydroxyl groups is 1. The van der Waals surface area contributed by atoms with Crippen LogP contribution in [-0.4, -0.2) is 25.4 Å². The third kappa shape index (κ3) is 2.03. The SMILES string of the molecule is COC1CCCC1(OC)c1cc(O)cc(F)c1. The zero-order valence-electron chi connectivity index (χ0n) is 10.1. The Morgan fingerprint density at radius 2 is 2.12 bits per heavy atom. The van der Waals surface area contributed by atoms with Crippen molar-refractivity contribution < 1.29 is 19.0 Å². The Morgan fingerprint density at radius 3 is 2.71 bits per heavy atom. The van der Waals surface area contributed by atoms with E-state index in [1.54, 1.807) is 20.3 Å². The highest BCUT2D eigenvalue weighted by atomic mass is 19.1. The summed E-state index contributed by atoms with van der Waals surface area (Å²) in [6.45, 7) is 0. The van der Waals surface area contributed by atoms with E-state index in [4.69, 9.17) is 9.47 Å². The molecule has 17 heavy (non-hydrogen) atoms. The Morgan fingerprint density at radius 1 is 1.35 bits per heavy atom. The summed E-state index contributed by atoms with van der Waals surface area (Å²) in [5.41, 5.74) is -0.00391. The van der Waals surface area contributed by atoms with E-state index in [1.165, 1.54) is 6.07 Å². The molecule has 1 aromatic carbocycles. The molecule has 0 saturated heterocycles. The van der Waals surface area contributed by atoms with E-state index in [2.05, 4.69) is 0 Å². The monoisotopic (exact) mass is 240 g/mol. The van der Waals surface area contributed by atoms with Crippen molar-refractivity contribution in [1.29, 1.82) is 0 Å². The van der Waals surface area contributed by atoms with Gasteiger partial charge in [-0.25, -0.2) is 4.39 Å². The zero-order valence-corrected chi connectivity index (χ0v) is 10.1. The van der Waals surface area contributed by atoms with Gasteiger partial charge in [0.1, 0.15) is 17.2 Å². The number of ether oxygens (including phenoxy) is 2. The zero-order chi connectivity index (χ0) is 12.5. The van der Waals surface area contributed by atoms with Gasteiger partial charge in [0.2, 0.25) is 0 Å². The highest BCUT2D eigenvalue weighted by molar-refractivity contribution is 5.34. The molecule has 3 nitrogen and oxygen atoms in total. The van der Waals surface area contributed by atoms with E-state index < -0.39 is 11.4 Å². The number of hydrogen-bond donors (Lipinski definition) is 1. The molecule has 1 aliphatic rings. The number of halogens is 1. The van der Waals surface area contributed by atoms with E-state index in [0.717, 1.165) is 25.3 Å². The van der Waals surface area contributed by atoms with Crippen LogP contribution < -0.4 is 0 Å². The number of methoxy groups -OCH3 is 2. The summed E-state index contributed by atoms with van der Waals surface area (Å²) in [5.74, 6) is -0.545. The molecular weight excluding hydrogens is 223 g/mol. The van der Waals surface area contributed by atoms with Gasteiger partial charge in [0.05, 0.1) is 6.10 Å². The van der Waals surface area contributed by atoms with Crippen LogP contribution in [0.1, 0.15) is 24.8 Å². The lowest BCUT2D eigenvalue weighted by Gasteiger charge is -2.34. The lowest BCUT2D eigenvalue weighted by Crippen LogP contribution is -2.38. The smallest absolute Gasteiger partial charge is 0.127 e. The summed E-state index contributed by atoms with van der Waals surface area (Å²) in [6, 6.07) is 4.04. The van der Waals surface area contributed by atoms with Gasteiger partial charge in [-0.3, -0.25) is 0 Å². The van der Waals surface area contributed by atoms with Crippen molar-refractivity contribution in [1.82, 2.24) is 0 Å². The van der Waals surface area contributed by atoms with E-state index in [0.29, 0.717) is 5.56 Å². The standard InChI is InChI=1S/C13H17FO3/c1-16-12-4-3-5-13(12,17-2)9-6-10(14)8-11(15)7-9/h6-8,12,15H,3-5H2,1-2H3. The van der Waals surface area contributed by atoms with E-state index in [1.807, 2.05) is 0 Å². The van der Waals surface area contributed by atoms with Gasteiger partial charge in [0.15, 0.2) is 0 Å². The fraction of sp³-hybridized carbons (Fsp3) is 0.538. The van der Waals surface area contributed by atoms with Gasteiger partial charge in [-0.05, 0) is 37.0 Å². The molecule has 0 aliphatic heterocycles. The van der Waals surface area contributed by atoms with Crippen LogP contribution in [0.5, 0.6) is 5.75 Å². The molecule has 1 aromatic rings. The first-order valence-corrected chi connectivity index (χ1v) is 5.70. The molecule has 1 N–H and O–H groups in total. The average molecular weight is 240 g/mol. The van der Waals surface area contributed by atoms with Gasteiger partial charge in [-0.15, -0.1) is 0 Å². The summed E-state index contributed by atoms with van der Waals surface area (Å²) in [4.78, 5) is 0. The highest BCUT2D eigenvalue weighted by Crippen LogP contribution is 2.44. The van der Waals surface area contributed by atoms with Crippen molar-refractivity contribution in [3.63, 3.8) is 0 Å². The number of hydrogen-bond acceptors (Lipinski definition) is 3. The number of rotatable bonds is 3. The molecule has 2 atom stereocenters. The van der Waals surface area contributed by atoms with Gasteiger partial charge in [-0.2, -0.15) is 0 Å². The van der Waals surface area contributed by atoms with Gasteiger partial charge in [0, 0.05) is 20.3 Å². The van der Waals surface area contributed by atoms with Crippen molar-refractivity contribution in [3.8, 4) is 5.75 Å². The first-order chi connectivity index (χ1) is 8.12. The van der Waals surface area contributed by atoms with Crippen LogP contribution >= 0.6 is 0 Å². The topological polar surface area (TPSA) is 38.7 Å². The molecule has 0 amide bonds. The highest BCUT2D eigenvalue weighted by Gasteiger charge is 2.45. The summed E-state index contributed by atoms with van der Waals surface area (Å²) >= 11 is 0. The molecule has 1 fully saturated rings. The normalized spacial score (nSPS) is 28.5. The van der Waals surface area contributed by atoms with Crippen LogP contribution in [0.15, 0.2) is 18.2 Å². The van der Waals surface area contributed by atoms with Crippen LogP contribution in [0.2, 0.25) is 0 Å². The first kappa shape index (κ1) is 12.3. The van der Waals surface area contributed by atoms with E-state index in [-0.39, 0.29) is 11.9 Å². The summed E-state index contributed by atoms with van der Waals surface area (Å²) in [5, 5.41) is 9.49. The van der Waals surface area contributed by atoms with Crippen LogP contribution in [0.4, 0.5) is 4.39 Å². The van der Waals surface area contributed by atoms with Crippen molar-refractivity contribution in [2.75, 3.05) is 14.2 Å². The molecule has 94 valence electrons.